The van der Waals surface area contributed by atoms with Gasteiger partial charge in [-0.05, 0) is 30.2 Å². The fraction of sp³-hybridized carbons (Fsp3) is 0.348. The summed E-state index contributed by atoms with van der Waals surface area (Å²) in [5.74, 6) is 1.19. The molecule has 1 aliphatic rings. The van der Waals surface area contributed by atoms with E-state index in [1.165, 1.54) is 15.8 Å². The summed E-state index contributed by atoms with van der Waals surface area (Å²) in [6.45, 7) is 5.37. The van der Waals surface area contributed by atoms with Crippen molar-refractivity contribution in [3.05, 3.63) is 66.4 Å². The van der Waals surface area contributed by atoms with Gasteiger partial charge in [0.2, 0.25) is 5.91 Å². The number of ether oxygens (including phenoxy) is 1. The van der Waals surface area contributed by atoms with Gasteiger partial charge in [-0.25, -0.2) is 0 Å². The molecule has 2 N–H and O–H groups in total. The molecule has 3 aromatic rings. The van der Waals surface area contributed by atoms with E-state index in [9.17, 15) is 4.79 Å². The van der Waals surface area contributed by atoms with Crippen LogP contribution in [-0.4, -0.2) is 55.1 Å². The lowest BCUT2D eigenvalue weighted by Crippen LogP contribution is -3.15. The summed E-state index contributed by atoms with van der Waals surface area (Å²) in [6, 6.07) is 18.2. The molecule has 28 heavy (non-hydrogen) atoms. The van der Waals surface area contributed by atoms with Crippen molar-refractivity contribution in [3.8, 4) is 5.75 Å². The summed E-state index contributed by atoms with van der Waals surface area (Å²) in [5, 5.41) is 1.22. The first-order valence-corrected chi connectivity index (χ1v) is 10.1. The predicted octanol–water partition coefficient (Wildman–Crippen LogP) is 1.91. The molecule has 1 saturated heterocycles. The number of carbonyl (C=O) groups is 1. The van der Waals surface area contributed by atoms with Crippen molar-refractivity contribution < 1.29 is 14.4 Å². The van der Waals surface area contributed by atoms with Gasteiger partial charge in [-0.3, -0.25) is 4.79 Å². The zero-order chi connectivity index (χ0) is 19.2. The predicted molar refractivity (Wildman–Crippen MR) is 111 cm³/mol. The molecule has 1 fully saturated rings. The van der Waals surface area contributed by atoms with Crippen molar-refractivity contribution >= 4 is 16.8 Å². The van der Waals surface area contributed by atoms with E-state index in [-0.39, 0.29) is 5.91 Å². The molecule has 5 nitrogen and oxygen atoms in total. The maximum atomic E-state index is 12.6. The fourth-order valence-electron chi connectivity index (χ4n) is 3.89. The molecule has 2 aromatic carbocycles. The van der Waals surface area contributed by atoms with Gasteiger partial charge >= 0.3 is 0 Å². The molecule has 0 unspecified atom stereocenters. The Labute approximate surface area is 165 Å². The second-order valence-electron chi connectivity index (χ2n) is 7.40. The number of rotatable bonds is 7. The topological polar surface area (TPSA) is 49.8 Å². The highest BCUT2D eigenvalue weighted by atomic mass is 16.5. The van der Waals surface area contributed by atoms with E-state index in [1.807, 2.05) is 53.6 Å². The Morgan fingerprint density at radius 1 is 1.04 bits per heavy atom. The number of fused-ring (bicyclic) bond motifs is 1. The van der Waals surface area contributed by atoms with Crippen LogP contribution < -0.4 is 9.64 Å². The lowest BCUT2D eigenvalue weighted by Gasteiger charge is -2.32. The van der Waals surface area contributed by atoms with Crippen molar-refractivity contribution in [2.24, 2.45) is 0 Å². The second-order valence-corrected chi connectivity index (χ2v) is 7.40. The van der Waals surface area contributed by atoms with Crippen LogP contribution in [0.5, 0.6) is 5.75 Å². The number of aryl methyl sites for hydroxylation is 1. The van der Waals surface area contributed by atoms with Crippen LogP contribution in [0.4, 0.5) is 0 Å². The minimum absolute atomic E-state index is 0.268. The average molecular weight is 378 g/mol. The van der Waals surface area contributed by atoms with Gasteiger partial charge in [-0.2, -0.15) is 0 Å². The number of nitrogens with zero attached hydrogens (tertiary/aromatic N) is 1. The minimum atomic E-state index is 0.268. The van der Waals surface area contributed by atoms with Gasteiger partial charge in [0, 0.05) is 23.5 Å². The first kappa shape index (κ1) is 18.6. The van der Waals surface area contributed by atoms with Gasteiger partial charge < -0.3 is 19.5 Å². The lowest BCUT2D eigenvalue weighted by atomic mass is 10.1. The molecular weight excluding hydrogens is 350 g/mol. The van der Waals surface area contributed by atoms with Crippen LogP contribution in [0.15, 0.2) is 60.8 Å². The van der Waals surface area contributed by atoms with Crippen LogP contribution in [0, 0.1) is 0 Å². The first-order valence-electron chi connectivity index (χ1n) is 10.1. The normalized spacial score (nSPS) is 15.1. The van der Waals surface area contributed by atoms with E-state index in [2.05, 4.69) is 17.1 Å². The summed E-state index contributed by atoms with van der Waals surface area (Å²) in [4.78, 5) is 19.4. The molecule has 4 rings (SSSR count). The molecule has 0 aliphatic carbocycles. The quantitative estimate of drug-likeness (QED) is 0.660. The van der Waals surface area contributed by atoms with Crippen molar-refractivity contribution in [3.63, 3.8) is 0 Å². The number of nitrogens with one attached hydrogen (secondary N) is 2. The van der Waals surface area contributed by atoms with Crippen LogP contribution in [0.1, 0.15) is 12.0 Å². The van der Waals surface area contributed by atoms with E-state index < -0.39 is 0 Å². The Hall–Kier alpha value is -2.79. The largest absolute Gasteiger partial charge is 0.488 e. The summed E-state index contributed by atoms with van der Waals surface area (Å²) in [5.41, 5.74) is 2.37. The van der Waals surface area contributed by atoms with Crippen LogP contribution in [0.3, 0.4) is 0 Å². The molecule has 1 aromatic heterocycles. The highest BCUT2D eigenvalue weighted by molar-refractivity contribution is 5.84. The van der Waals surface area contributed by atoms with Crippen LogP contribution in [0.2, 0.25) is 0 Å². The molecule has 146 valence electrons. The highest BCUT2D eigenvalue weighted by Crippen LogP contribution is 2.19. The van der Waals surface area contributed by atoms with Crippen LogP contribution in [-0.2, 0) is 11.2 Å². The van der Waals surface area contributed by atoms with Gasteiger partial charge in [-0.1, -0.05) is 36.4 Å². The first-order chi connectivity index (χ1) is 13.8. The number of aromatic nitrogens is 1. The Balaban J connectivity index is 1.19. The number of hydrogen-bond donors (Lipinski definition) is 2. The highest BCUT2D eigenvalue weighted by Gasteiger charge is 2.23. The standard InChI is InChI=1S/C23H27N3O2/c27-23(11-10-19-18-24-22-9-5-4-8-21(19)22)26-14-12-25(13-15-26)16-17-28-20-6-2-1-3-7-20/h1-9,18,24H,10-17H2/p+1. The number of benzene rings is 2. The Bertz CT molecular complexity index is 898. The van der Waals surface area contributed by atoms with Crippen LogP contribution >= 0.6 is 0 Å². The molecule has 2 heterocycles. The second kappa shape index (κ2) is 8.93. The lowest BCUT2D eigenvalue weighted by molar-refractivity contribution is -0.904. The fourth-order valence-corrected chi connectivity index (χ4v) is 3.89. The maximum Gasteiger partial charge on any atom is 0.223 e. The van der Waals surface area contributed by atoms with Gasteiger partial charge in [-0.15, -0.1) is 0 Å². The van der Waals surface area contributed by atoms with Crippen molar-refractivity contribution in [2.45, 2.75) is 12.8 Å². The van der Waals surface area contributed by atoms with Gasteiger partial charge in [0.25, 0.3) is 0 Å². The van der Waals surface area contributed by atoms with Gasteiger partial charge in [0.1, 0.15) is 18.9 Å². The number of carbonyl (C=O) groups excluding carboxylic acids is 1. The van der Waals surface area contributed by atoms with Crippen molar-refractivity contribution in [1.29, 1.82) is 0 Å². The third kappa shape index (κ3) is 4.54. The Kier molecular flexibility index (Phi) is 5.92. The Morgan fingerprint density at radius 3 is 2.61 bits per heavy atom. The molecule has 0 atom stereocenters. The summed E-state index contributed by atoms with van der Waals surface area (Å²) in [6.07, 6.45) is 3.40. The number of aromatic amines is 1. The number of H-pyrrole nitrogens is 1. The summed E-state index contributed by atoms with van der Waals surface area (Å²) < 4.78 is 5.79. The Morgan fingerprint density at radius 2 is 1.79 bits per heavy atom. The SMILES string of the molecule is O=C(CCc1c[nH]c2ccccc12)N1CC[NH+](CCOc2ccccc2)CC1. The number of para-hydroxylation sites is 2. The number of piperazine rings is 1. The average Bonchev–Trinajstić information content (AvgIpc) is 3.16. The summed E-state index contributed by atoms with van der Waals surface area (Å²) in [7, 11) is 0. The number of quaternary nitrogens is 1. The third-order valence-corrected chi connectivity index (χ3v) is 5.57. The minimum Gasteiger partial charge on any atom is -0.488 e. The molecule has 0 radical (unpaired) electrons. The van der Waals surface area contributed by atoms with Gasteiger partial charge in [0.15, 0.2) is 0 Å². The molecule has 5 heteroatoms. The number of hydrogen-bond acceptors (Lipinski definition) is 2. The van der Waals surface area contributed by atoms with Crippen molar-refractivity contribution in [1.82, 2.24) is 9.88 Å². The molecule has 1 aliphatic heterocycles. The number of amides is 1. The maximum absolute atomic E-state index is 12.6. The molecule has 0 spiro atoms. The van der Waals surface area contributed by atoms with E-state index in [0.717, 1.165) is 50.4 Å². The zero-order valence-electron chi connectivity index (χ0n) is 16.2. The third-order valence-electron chi connectivity index (χ3n) is 5.57. The monoisotopic (exact) mass is 378 g/mol. The zero-order valence-corrected chi connectivity index (χ0v) is 16.2. The molecular formula is C23H28N3O2+. The van der Waals surface area contributed by atoms with Crippen LogP contribution in [0.25, 0.3) is 10.9 Å². The van der Waals surface area contributed by atoms with E-state index >= 15 is 0 Å². The van der Waals surface area contributed by atoms with Gasteiger partial charge in [0.05, 0.1) is 26.2 Å². The van der Waals surface area contributed by atoms with E-state index in [1.54, 1.807) is 0 Å². The van der Waals surface area contributed by atoms with E-state index in [4.69, 9.17) is 4.74 Å². The van der Waals surface area contributed by atoms with Crippen molar-refractivity contribution in [2.75, 3.05) is 39.3 Å². The molecule has 1 amide bonds. The molecule has 0 bridgehead atoms. The smallest absolute Gasteiger partial charge is 0.223 e. The molecule has 0 saturated carbocycles. The summed E-state index contributed by atoms with van der Waals surface area (Å²) >= 11 is 0. The van der Waals surface area contributed by atoms with E-state index in [0.29, 0.717) is 13.0 Å².